The Labute approximate surface area is 133 Å². The number of benzene rings is 2. The largest absolute Gasteiger partial charge is 0.445 e. The molecule has 0 spiro atoms. The zero-order chi connectivity index (χ0) is 15.9. The van der Waals surface area contributed by atoms with Crippen molar-refractivity contribution in [2.24, 2.45) is 0 Å². The van der Waals surface area contributed by atoms with Gasteiger partial charge in [0.2, 0.25) is 0 Å². The minimum atomic E-state index is -0.491. The van der Waals surface area contributed by atoms with Crippen LogP contribution in [-0.2, 0) is 11.3 Å². The van der Waals surface area contributed by atoms with E-state index in [2.05, 4.69) is 22.1 Å². The minimum absolute atomic E-state index is 0.213. The number of nitrogens with zero attached hydrogens (tertiary/aromatic N) is 1. The van der Waals surface area contributed by atoms with Crippen LogP contribution in [0, 0.1) is 11.8 Å². The molecule has 0 atom stereocenters. The standard InChI is InChI=1S/C18H14N2O3/c21-18(22-12-15-5-2-1-3-6-15)19-10-4-7-14-8-9-17-16(11-14)20-13-23-17/h1-3,5-6,8-9,11,13H,10,12H2,(H,19,21). The summed E-state index contributed by atoms with van der Waals surface area (Å²) in [6.45, 7) is 0.452. The van der Waals surface area contributed by atoms with E-state index in [1.54, 1.807) is 0 Å². The minimum Gasteiger partial charge on any atom is -0.445 e. The van der Waals surface area contributed by atoms with Gasteiger partial charge in [0.05, 0.1) is 6.54 Å². The van der Waals surface area contributed by atoms with Crippen molar-refractivity contribution >= 4 is 17.2 Å². The molecule has 23 heavy (non-hydrogen) atoms. The van der Waals surface area contributed by atoms with Crippen LogP contribution in [-0.4, -0.2) is 17.6 Å². The maximum absolute atomic E-state index is 11.5. The van der Waals surface area contributed by atoms with Crippen LogP contribution in [0.25, 0.3) is 11.1 Å². The number of rotatable bonds is 3. The number of hydrogen-bond acceptors (Lipinski definition) is 4. The lowest BCUT2D eigenvalue weighted by molar-refractivity contribution is 0.141. The predicted octanol–water partition coefficient (Wildman–Crippen LogP) is 3.11. The van der Waals surface area contributed by atoms with E-state index in [-0.39, 0.29) is 13.2 Å². The van der Waals surface area contributed by atoms with Crippen LogP contribution in [0.5, 0.6) is 0 Å². The van der Waals surface area contributed by atoms with E-state index in [9.17, 15) is 4.79 Å². The van der Waals surface area contributed by atoms with Gasteiger partial charge in [-0.3, -0.25) is 0 Å². The van der Waals surface area contributed by atoms with Gasteiger partial charge in [0.15, 0.2) is 12.0 Å². The van der Waals surface area contributed by atoms with E-state index in [4.69, 9.17) is 9.15 Å². The summed E-state index contributed by atoms with van der Waals surface area (Å²) >= 11 is 0. The smallest absolute Gasteiger partial charge is 0.408 e. The molecule has 0 aliphatic rings. The van der Waals surface area contributed by atoms with Gasteiger partial charge in [-0.1, -0.05) is 42.2 Å². The molecule has 1 amide bonds. The first-order valence-electron chi connectivity index (χ1n) is 7.08. The lowest BCUT2D eigenvalue weighted by Gasteiger charge is -2.04. The summed E-state index contributed by atoms with van der Waals surface area (Å²) in [5.74, 6) is 5.82. The van der Waals surface area contributed by atoms with Gasteiger partial charge in [-0.15, -0.1) is 0 Å². The molecular weight excluding hydrogens is 292 g/mol. The molecule has 3 aromatic rings. The normalized spacial score (nSPS) is 9.91. The molecule has 0 unspecified atom stereocenters. The maximum Gasteiger partial charge on any atom is 0.408 e. The van der Waals surface area contributed by atoms with Gasteiger partial charge in [-0.25, -0.2) is 9.78 Å². The molecule has 2 aromatic carbocycles. The Morgan fingerprint density at radius 2 is 2.09 bits per heavy atom. The summed E-state index contributed by atoms with van der Waals surface area (Å²) in [4.78, 5) is 15.6. The van der Waals surface area contributed by atoms with Gasteiger partial charge in [0, 0.05) is 5.56 Å². The predicted molar refractivity (Wildman–Crippen MR) is 85.5 cm³/mol. The first-order chi connectivity index (χ1) is 11.3. The van der Waals surface area contributed by atoms with Gasteiger partial charge in [0.25, 0.3) is 0 Å². The molecule has 114 valence electrons. The molecule has 1 N–H and O–H groups in total. The third-order valence-electron chi connectivity index (χ3n) is 3.10. The Balaban J connectivity index is 1.46. The number of fused-ring (bicyclic) bond motifs is 1. The van der Waals surface area contributed by atoms with Crippen LogP contribution in [0.4, 0.5) is 4.79 Å². The van der Waals surface area contributed by atoms with Crippen LogP contribution in [0.1, 0.15) is 11.1 Å². The molecule has 0 fully saturated rings. The van der Waals surface area contributed by atoms with Crippen LogP contribution in [0.2, 0.25) is 0 Å². The fourth-order valence-corrected chi connectivity index (χ4v) is 1.97. The summed E-state index contributed by atoms with van der Waals surface area (Å²) in [5, 5.41) is 2.59. The molecule has 1 aromatic heterocycles. The average molecular weight is 306 g/mol. The van der Waals surface area contributed by atoms with Crippen molar-refractivity contribution < 1.29 is 13.9 Å². The third kappa shape index (κ3) is 4.11. The fraction of sp³-hybridized carbons (Fsp3) is 0.111. The average Bonchev–Trinajstić information content (AvgIpc) is 3.05. The second-order valence-corrected chi connectivity index (χ2v) is 4.75. The zero-order valence-corrected chi connectivity index (χ0v) is 12.3. The van der Waals surface area contributed by atoms with Crippen LogP contribution >= 0.6 is 0 Å². The number of amides is 1. The number of aromatic nitrogens is 1. The first-order valence-corrected chi connectivity index (χ1v) is 7.08. The molecule has 0 saturated heterocycles. The van der Waals surface area contributed by atoms with Crippen molar-refractivity contribution in [1.82, 2.24) is 10.3 Å². The lowest BCUT2D eigenvalue weighted by Crippen LogP contribution is -2.24. The van der Waals surface area contributed by atoms with Crippen molar-refractivity contribution in [3.8, 4) is 11.8 Å². The first kappa shape index (κ1) is 14.7. The SMILES string of the molecule is O=C(NCC#Cc1ccc2ocnc2c1)OCc1ccccc1. The molecule has 1 heterocycles. The van der Waals surface area contributed by atoms with E-state index in [1.807, 2.05) is 48.5 Å². The molecule has 0 bridgehead atoms. The number of nitrogens with one attached hydrogen (secondary N) is 1. The zero-order valence-electron chi connectivity index (χ0n) is 12.3. The monoisotopic (exact) mass is 306 g/mol. The van der Waals surface area contributed by atoms with Crippen LogP contribution in [0.3, 0.4) is 0 Å². The Morgan fingerprint density at radius 1 is 1.22 bits per heavy atom. The number of alkyl carbamates (subject to hydrolysis) is 1. The highest BCUT2D eigenvalue weighted by Gasteiger charge is 2.00. The van der Waals surface area contributed by atoms with Gasteiger partial charge in [-0.2, -0.15) is 0 Å². The highest BCUT2D eigenvalue weighted by molar-refractivity contribution is 5.74. The van der Waals surface area contributed by atoms with Crippen LogP contribution in [0.15, 0.2) is 59.3 Å². The van der Waals surface area contributed by atoms with Gasteiger partial charge < -0.3 is 14.5 Å². The summed E-state index contributed by atoms with van der Waals surface area (Å²) in [6, 6.07) is 15.0. The number of carbonyl (C=O) groups excluding carboxylic acids is 1. The topological polar surface area (TPSA) is 64.4 Å². The summed E-state index contributed by atoms with van der Waals surface area (Å²) in [7, 11) is 0. The Morgan fingerprint density at radius 3 is 2.96 bits per heavy atom. The molecule has 0 aliphatic carbocycles. The lowest BCUT2D eigenvalue weighted by atomic mass is 10.2. The van der Waals surface area contributed by atoms with E-state index in [0.29, 0.717) is 0 Å². The van der Waals surface area contributed by atoms with E-state index in [0.717, 1.165) is 22.2 Å². The van der Waals surface area contributed by atoms with E-state index >= 15 is 0 Å². The van der Waals surface area contributed by atoms with Crippen molar-refractivity contribution in [3.05, 3.63) is 66.1 Å². The summed E-state index contributed by atoms with van der Waals surface area (Å²) < 4.78 is 10.2. The maximum atomic E-state index is 11.5. The van der Waals surface area contributed by atoms with Gasteiger partial charge >= 0.3 is 6.09 Å². The number of carbonyl (C=O) groups is 1. The number of oxazole rings is 1. The third-order valence-corrected chi connectivity index (χ3v) is 3.10. The van der Waals surface area contributed by atoms with Gasteiger partial charge in [-0.05, 0) is 23.8 Å². The molecular formula is C18H14N2O3. The Kier molecular flexibility index (Phi) is 4.55. The Hall–Kier alpha value is -3.26. The molecule has 5 nitrogen and oxygen atoms in total. The number of ether oxygens (including phenoxy) is 1. The second-order valence-electron chi connectivity index (χ2n) is 4.75. The molecule has 0 radical (unpaired) electrons. The molecule has 0 aliphatic heterocycles. The van der Waals surface area contributed by atoms with E-state index < -0.39 is 6.09 Å². The van der Waals surface area contributed by atoms with Crippen molar-refractivity contribution in [1.29, 1.82) is 0 Å². The second kappa shape index (κ2) is 7.14. The van der Waals surface area contributed by atoms with Crippen LogP contribution < -0.4 is 5.32 Å². The quantitative estimate of drug-likeness (QED) is 0.755. The van der Waals surface area contributed by atoms with Gasteiger partial charge in [0.1, 0.15) is 12.1 Å². The highest BCUT2D eigenvalue weighted by atomic mass is 16.5. The molecule has 0 saturated carbocycles. The highest BCUT2D eigenvalue weighted by Crippen LogP contribution is 2.13. The van der Waals surface area contributed by atoms with Crippen molar-refractivity contribution in [2.75, 3.05) is 6.54 Å². The molecule has 5 heteroatoms. The number of hydrogen-bond donors (Lipinski definition) is 1. The van der Waals surface area contributed by atoms with Crippen molar-refractivity contribution in [3.63, 3.8) is 0 Å². The summed E-state index contributed by atoms with van der Waals surface area (Å²) in [6.07, 6.45) is 0.904. The van der Waals surface area contributed by atoms with E-state index in [1.165, 1.54) is 6.39 Å². The Bertz CT molecular complexity index is 860. The molecule has 3 rings (SSSR count). The fourth-order valence-electron chi connectivity index (χ4n) is 1.97. The summed E-state index contributed by atoms with van der Waals surface area (Å²) in [5.41, 5.74) is 3.23. The van der Waals surface area contributed by atoms with Crippen molar-refractivity contribution in [2.45, 2.75) is 6.61 Å².